The summed E-state index contributed by atoms with van der Waals surface area (Å²) in [4.78, 5) is 0.223. The second kappa shape index (κ2) is 9.85. The zero-order chi connectivity index (χ0) is 24.4. The minimum atomic E-state index is -3.82. The smallest absolute Gasteiger partial charge is 0.264 e. The molecule has 10 heteroatoms. The molecule has 1 aliphatic heterocycles. The topological polar surface area (TPSA) is 80.5 Å². The van der Waals surface area contributed by atoms with Crippen LogP contribution in [0.2, 0.25) is 5.02 Å². The Hall–Kier alpha value is -3.14. The summed E-state index contributed by atoms with van der Waals surface area (Å²) in [6.07, 6.45) is 0.326. The minimum Gasteiger partial charge on any atom is -0.266 e. The first-order valence-corrected chi connectivity index (χ1v) is 13.8. The number of fused-ring (bicyclic) bond motifs is 1. The Balaban J connectivity index is 1.46. The lowest BCUT2D eigenvalue weighted by Crippen LogP contribution is -2.33. The number of hydrogen-bond donors (Lipinski definition) is 0. The van der Waals surface area contributed by atoms with Gasteiger partial charge in [0.15, 0.2) is 5.82 Å². The van der Waals surface area contributed by atoms with Crippen LogP contribution in [0.25, 0.3) is 0 Å². The second-order valence-electron chi connectivity index (χ2n) is 8.03. The molecule has 0 spiro atoms. The highest BCUT2D eigenvalue weighted by molar-refractivity contribution is 7.99. The number of hydrogen-bond acceptors (Lipinski definition) is 6. The van der Waals surface area contributed by atoms with Crippen LogP contribution in [0.5, 0.6) is 0 Å². The lowest BCUT2D eigenvalue weighted by atomic mass is 10.1. The highest BCUT2D eigenvalue weighted by atomic mass is 35.5. The summed E-state index contributed by atoms with van der Waals surface area (Å²) in [5.74, 6) is 1.29. The highest BCUT2D eigenvalue weighted by Crippen LogP contribution is 2.28. The summed E-state index contributed by atoms with van der Waals surface area (Å²) in [6.45, 7) is 2.08. The standard InChI is InChI=1S/C25H22ClN5O2S2/c1-18-7-13-22(14-8-18)35(32,33)30(21-11-9-20(26)10-12-21)16-15-24-27-28-25-31(24)29-23(17-34-25)19-5-3-2-4-6-19/h2-14H,15-17H2,1H3. The molecule has 0 saturated carbocycles. The van der Waals surface area contributed by atoms with Gasteiger partial charge in [0, 0.05) is 23.7 Å². The van der Waals surface area contributed by atoms with Gasteiger partial charge in [-0.15, -0.1) is 10.2 Å². The predicted octanol–water partition coefficient (Wildman–Crippen LogP) is 5.04. The van der Waals surface area contributed by atoms with E-state index in [0.29, 0.717) is 33.9 Å². The SMILES string of the molecule is Cc1ccc(S(=O)(=O)N(CCc2nnc3n2N=C(c2ccccc2)CS3)c2ccc(Cl)cc2)cc1. The summed E-state index contributed by atoms with van der Waals surface area (Å²) in [5, 5.41) is 14.6. The fourth-order valence-electron chi connectivity index (χ4n) is 3.73. The molecule has 0 unspecified atom stereocenters. The Morgan fingerprint density at radius 1 is 0.971 bits per heavy atom. The first-order valence-electron chi connectivity index (χ1n) is 11.0. The van der Waals surface area contributed by atoms with Gasteiger partial charge in [-0.1, -0.05) is 71.4 Å². The molecule has 35 heavy (non-hydrogen) atoms. The van der Waals surface area contributed by atoms with E-state index in [9.17, 15) is 8.42 Å². The van der Waals surface area contributed by atoms with E-state index in [1.165, 1.54) is 4.31 Å². The molecule has 0 amide bonds. The predicted molar refractivity (Wildman–Crippen MR) is 140 cm³/mol. The quantitative estimate of drug-likeness (QED) is 0.339. The zero-order valence-electron chi connectivity index (χ0n) is 18.9. The van der Waals surface area contributed by atoms with E-state index in [1.54, 1.807) is 65.0 Å². The first-order chi connectivity index (χ1) is 16.9. The van der Waals surface area contributed by atoms with Gasteiger partial charge in [-0.3, -0.25) is 4.31 Å². The number of sulfonamides is 1. The van der Waals surface area contributed by atoms with Gasteiger partial charge >= 0.3 is 0 Å². The molecular weight excluding hydrogens is 502 g/mol. The van der Waals surface area contributed by atoms with E-state index >= 15 is 0 Å². The van der Waals surface area contributed by atoms with E-state index in [-0.39, 0.29) is 11.4 Å². The molecule has 0 saturated heterocycles. The van der Waals surface area contributed by atoms with Crippen LogP contribution in [0.4, 0.5) is 5.69 Å². The summed E-state index contributed by atoms with van der Waals surface area (Å²) >= 11 is 7.62. The molecule has 178 valence electrons. The molecule has 7 nitrogen and oxygen atoms in total. The third-order valence-corrected chi connectivity index (χ3v) is 8.63. The fourth-order valence-corrected chi connectivity index (χ4v) is 6.18. The van der Waals surface area contributed by atoms with Crippen molar-refractivity contribution in [3.63, 3.8) is 0 Å². The number of anilines is 1. The van der Waals surface area contributed by atoms with E-state index in [2.05, 4.69) is 10.2 Å². The van der Waals surface area contributed by atoms with Crippen LogP contribution >= 0.6 is 23.4 Å². The lowest BCUT2D eigenvalue weighted by Gasteiger charge is -2.24. The third kappa shape index (κ3) is 4.98. The van der Waals surface area contributed by atoms with Gasteiger partial charge in [-0.25, -0.2) is 8.42 Å². The number of rotatable bonds is 7. The van der Waals surface area contributed by atoms with Crippen molar-refractivity contribution < 1.29 is 8.42 Å². The number of thioether (sulfide) groups is 1. The van der Waals surface area contributed by atoms with Crippen LogP contribution in [0.15, 0.2) is 94.0 Å². The Kier molecular flexibility index (Phi) is 6.64. The van der Waals surface area contributed by atoms with E-state index in [0.717, 1.165) is 16.8 Å². The Labute approximate surface area is 213 Å². The molecule has 0 bridgehead atoms. The molecule has 1 aromatic heterocycles. The average molecular weight is 524 g/mol. The Morgan fingerprint density at radius 3 is 2.40 bits per heavy atom. The molecule has 2 heterocycles. The number of benzene rings is 3. The molecule has 0 atom stereocenters. The molecule has 3 aromatic carbocycles. The number of aryl methyl sites for hydroxylation is 1. The first kappa shape index (κ1) is 23.6. The molecule has 0 radical (unpaired) electrons. The molecule has 4 aromatic rings. The minimum absolute atomic E-state index is 0.164. The van der Waals surface area contributed by atoms with Crippen LogP contribution in [-0.2, 0) is 16.4 Å². The van der Waals surface area contributed by atoms with Crippen molar-refractivity contribution >= 4 is 44.8 Å². The highest BCUT2D eigenvalue weighted by Gasteiger charge is 2.27. The lowest BCUT2D eigenvalue weighted by molar-refractivity contribution is 0.589. The molecule has 1 aliphatic rings. The van der Waals surface area contributed by atoms with E-state index in [1.807, 2.05) is 37.3 Å². The van der Waals surface area contributed by atoms with Crippen molar-refractivity contribution in [2.24, 2.45) is 5.10 Å². The van der Waals surface area contributed by atoms with E-state index < -0.39 is 10.0 Å². The summed E-state index contributed by atoms with van der Waals surface area (Å²) in [7, 11) is -3.82. The zero-order valence-corrected chi connectivity index (χ0v) is 21.3. The van der Waals surface area contributed by atoms with Gasteiger partial charge in [0.25, 0.3) is 10.0 Å². The van der Waals surface area contributed by atoms with Gasteiger partial charge in [0.1, 0.15) is 0 Å². The van der Waals surface area contributed by atoms with Gasteiger partial charge < -0.3 is 0 Å². The van der Waals surface area contributed by atoms with Gasteiger partial charge in [-0.05, 0) is 48.9 Å². The Morgan fingerprint density at radius 2 is 1.69 bits per heavy atom. The van der Waals surface area contributed by atoms with Crippen molar-refractivity contribution in [1.29, 1.82) is 0 Å². The maximum Gasteiger partial charge on any atom is 0.264 e. The van der Waals surface area contributed by atoms with Gasteiger partial charge in [-0.2, -0.15) is 9.78 Å². The van der Waals surface area contributed by atoms with Gasteiger partial charge in [0.2, 0.25) is 5.16 Å². The normalized spacial score (nSPS) is 13.3. The molecule has 0 N–H and O–H groups in total. The Bertz CT molecular complexity index is 1470. The fraction of sp³-hybridized carbons (Fsp3) is 0.160. The van der Waals surface area contributed by atoms with Crippen LogP contribution < -0.4 is 4.31 Å². The maximum atomic E-state index is 13.6. The number of halogens is 1. The van der Waals surface area contributed by atoms with Gasteiger partial charge in [0.05, 0.1) is 16.3 Å². The van der Waals surface area contributed by atoms with Crippen molar-refractivity contribution in [3.8, 4) is 0 Å². The summed E-state index contributed by atoms with van der Waals surface area (Å²) in [6, 6.07) is 23.6. The largest absolute Gasteiger partial charge is 0.266 e. The average Bonchev–Trinajstić information content (AvgIpc) is 3.28. The van der Waals surface area contributed by atoms with Crippen molar-refractivity contribution in [2.45, 2.75) is 23.4 Å². The monoisotopic (exact) mass is 523 g/mol. The van der Waals surface area contributed by atoms with E-state index in [4.69, 9.17) is 16.7 Å². The van der Waals surface area contributed by atoms with Crippen LogP contribution in [0, 0.1) is 6.92 Å². The van der Waals surface area contributed by atoms with Crippen molar-refractivity contribution in [1.82, 2.24) is 14.9 Å². The third-order valence-electron chi connectivity index (χ3n) is 5.60. The number of aromatic nitrogens is 3. The van der Waals surface area contributed by atoms with Crippen LogP contribution in [0.3, 0.4) is 0 Å². The van der Waals surface area contributed by atoms with Crippen LogP contribution in [-0.4, -0.2) is 41.3 Å². The molecular formula is C25H22ClN5O2S2. The van der Waals surface area contributed by atoms with Crippen molar-refractivity contribution in [3.05, 3.63) is 101 Å². The number of nitrogens with zero attached hydrogens (tertiary/aromatic N) is 5. The molecule has 0 fully saturated rings. The molecule has 0 aliphatic carbocycles. The maximum absolute atomic E-state index is 13.6. The summed E-state index contributed by atoms with van der Waals surface area (Å²) in [5.41, 5.74) is 3.47. The van der Waals surface area contributed by atoms with Crippen molar-refractivity contribution in [2.75, 3.05) is 16.6 Å². The second-order valence-corrected chi connectivity index (χ2v) is 11.3. The molecule has 5 rings (SSSR count). The summed E-state index contributed by atoms with van der Waals surface area (Å²) < 4.78 is 30.4. The van der Waals surface area contributed by atoms with Crippen LogP contribution in [0.1, 0.15) is 17.0 Å².